The van der Waals surface area contributed by atoms with Gasteiger partial charge < -0.3 is 14.5 Å². The maximum atomic E-state index is 13.2. The molecule has 1 fully saturated rings. The molecule has 2 aromatic carbocycles. The van der Waals surface area contributed by atoms with E-state index >= 15 is 0 Å². The second-order valence-corrected chi connectivity index (χ2v) is 6.65. The van der Waals surface area contributed by atoms with E-state index in [1.807, 2.05) is 0 Å². The van der Waals surface area contributed by atoms with Crippen molar-refractivity contribution in [2.75, 3.05) is 25.1 Å². The Morgan fingerprint density at radius 1 is 1.18 bits per heavy atom. The van der Waals surface area contributed by atoms with Crippen LogP contribution in [0.25, 0.3) is 0 Å². The molecule has 1 aliphatic heterocycles. The molecule has 0 bridgehead atoms. The largest absolute Gasteiger partial charge is 0.452 e. The molecule has 146 valence electrons. The van der Waals surface area contributed by atoms with Gasteiger partial charge >= 0.3 is 5.97 Å². The summed E-state index contributed by atoms with van der Waals surface area (Å²) in [5, 5.41) is 0. The zero-order valence-electron chi connectivity index (χ0n) is 15.6. The molecule has 0 aromatic heterocycles. The summed E-state index contributed by atoms with van der Waals surface area (Å²) in [4.78, 5) is 39.1. The molecule has 0 aliphatic carbocycles. The maximum absolute atomic E-state index is 13.2. The summed E-state index contributed by atoms with van der Waals surface area (Å²) in [6.45, 7) is 0.485. The van der Waals surface area contributed by atoms with Crippen LogP contribution in [-0.4, -0.2) is 42.9 Å². The Kier molecular flexibility index (Phi) is 6.03. The van der Waals surface area contributed by atoms with Crippen LogP contribution in [0, 0.1) is 5.82 Å². The highest BCUT2D eigenvalue weighted by atomic mass is 19.1. The van der Waals surface area contributed by atoms with Crippen molar-refractivity contribution < 1.29 is 23.5 Å². The van der Waals surface area contributed by atoms with Gasteiger partial charge in [-0.1, -0.05) is 12.1 Å². The minimum atomic E-state index is -0.619. The molecule has 6 nitrogen and oxygen atoms in total. The van der Waals surface area contributed by atoms with Crippen LogP contribution >= 0.6 is 0 Å². The van der Waals surface area contributed by atoms with Crippen LogP contribution in [0.4, 0.5) is 10.1 Å². The number of benzene rings is 2. The molecule has 0 radical (unpaired) electrons. The number of likely N-dealkylation sites (N-methyl/N-ethyl adjacent to an activating group) is 1. The summed E-state index contributed by atoms with van der Waals surface area (Å²) in [6, 6.07) is 12.5. The Bertz CT molecular complexity index is 882. The SMILES string of the molecule is CN(Cc1cccc(F)c1)C(=O)COC(=O)c1ccc(N2CCCC2=O)cc1. The van der Waals surface area contributed by atoms with Crippen molar-refractivity contribution in [3.05, 3.63) is 65.5 Å². The van der Waals surface area contributed by atoms with Gasteiger partial charge in [-0.25, -0.2) is 9.18 Å². The van der Waals surface area contributed by atoms with Crippen molar-refractivity contribution in [1.82, 2.24) is 4.90 Å². The number of carbonyl (C=O) groups is 3. The quantitative estimate of drug-likeness (QED) is 0.719. The van der Waals surface area contributed by atoms with Crippen molar-refractivity contribution in [1.29, 1.82) is 0 Å². The van der Waals surface area contributed by atoms with E-state index in [1.165, 1.54) is 17.0 Å². The summed E-state index contributed by atoms with van der Waals surface area (Å²) >= 11 is 0. The standard InChI is InChI=1S/C21H21FN2O4/c1-23(13-15-4-2-5-17(22)12-15)20(26)14-28-21(27)16-7-9-18(10-8-16)24-11-3-6-19(24)25/h2,4-5,7-10,12H,3,6,11,13-14H2,1H3. The van der Waals surface area contributed by atoms with Crippen LogP contribution in [0.1, 0.15) is 28.8 Å². The molecule has 0 unspecified atom stereocenters. The molecule has 2 aromatic rings. The predicted octanol–water partition coefficient (Wildman–Crippen LogP) is 2.77. The number of carbonyl (C=O) groups excluding carboxylic acids is 3. The maximum Gasteiger partial charge on any atom is 0.338 e. The Balaban J connectivity index is 1.51. The Hall–Kier alpha value is -3.22. The average Bonchev–Trinajstić information content (AvgIpc) is 3.12. The number of nitrogens with zero attached hydrogens (tertiary/aromatic N) is 2. The number of hydrogen-bond donors (Lipinski definition) is 0. The number of amides is 2. The van der Waals surface area contributed by atoms with Gasteiger partial charge in [0.1, 0.15) is 5.82 Å². The summed E-state index contributed by atoms with van der Waals surface area (Å²) in [5.41, 5.74) is 1.69. The smallest absolute Gasteiger partial charge is 0.338 e. The molecule has 0 spiro atoms. The zero-order valence-corrected chi connectivity index (χ0v) is 15.6. The molecule has 1 saturated heterocycles. The zero-order chi connectivity index (χ0) is 20.1. The summed E-state index contributed by atoms with van der Waals surface area (Å²) in [6.07, 6.45) is 1.36. The first-order valence-corrected chi connectivity index (χ1v) is 9.00. The fraction of sp³-hybridized carbons (Fsp3) is 0.286. The minimum Gasteiger partial charge on any atom is -0.452 e. The van der Waals surface area contributed by atoms with E-state index in [1.54, 1.807) is 48.3 Å². The first kappa shape index (κ1) is 19.5. The van der Waals surface area contributed by atoms with E-state index in [0.717, 1.165) is 12.1 Å². The normalized spacial score (nSPS) is 13.5. The van der Waals surface area contributed by atoms with E-state index in [9.17, 15) is 18.8 Å². The molecule has 7 heteroatoms. The number of ether oxygens (including phenoxy) is 1. The number of esters is 1. The van der Waals surface area contributed by atoms with Crippen molar-refractivity contribution in [2.24, 2.45) is 0 Å². The minimum absolute atomic E-state index is 0.0715. The highest BCUT2D eigenvalue weighted by Gasteiger charge is 2.22. The number of anilines is 1. The highest BCUT2D eigenvalue weighted by molar-refractivity contribution is 5.96. The molecule has 3 rings (SSSR count). The number of halogens is 1. The second-order valence-electron chi connectivity index (χ2n) is 6.65. The van der Waals surface area contributed by atoms with Crippen LogP contribution in [-0.2, 0) is 20.9 Å². The van der Waals surface area contributed by atoms with Gasteiger partial charge in [0.05, 0.1) is 5.56 Å². The molecule has 0 atom stereocenters. The van der Waals surface area contributed by atoms with Crippen LogP contribution in [0.15, 0.2) is 48.5 Å². The van der Waals surface area contributed by atoms with Gasteiger partial charge in [0.2, 0.25) is 5.91 Å². The van der Waals surface area contributed by atoms with Crippen molar-refractivity contribution >= 4 is 23.5 Å². The van der Waals surface area contributed by atoms with Crippen LogP contribution in [0.2, 0.25) is 0 Å². The molecule has 1 heterocycles. The van der Waals surface area contributed by atoms with E-state index in [2.05, 4.69) is 0 Å². The third-order valence-corrected chi connectivity index (χ3v) is 4.55. The fourth-order valence-electron chi connectivity index (χ4n) is 3.02. The first-order valence-electron chi connectivity index (χ1n) is 9.00. The van der Waals surface area contributed by atoms with Gasteiger partial charge in [-0.3, -0.25) is 9.59 Å². The third-order valence-electron chi connectivity index (χ3n) is 4.55. The Morgan fingerprint density at radius 3 is 2.57 bits per heavy atom. The monoisotopic (exact) mass is 384 g/mol. The van der Waals surface area contributed by atoms with Gasteiger partial charge in [-0.2, -0.15) is 0 Å². The molecule has 1 aliphatic rings. The number of hydrogen-bond acceptors (Lipinski definition) is 4. The summed E-state index contributed by atoms with van der Waals surface area (Å²) < 4.78 is 18.3. The van der Waals surface area contributed by atoms with Gasteiger partial charge in [0, 0.05) is 32.2 Å². The summed E-state index contributed by atoms with van der Waals surface area (Å²) in [7, 11) is 1.56. The van der Waals surface area contributed by atoms with Crippen LogP contribution in [0.3, 0.4) is 0 Å². The van der Waals surface area contributed by atoms with E-state index in [4.69, 9.17) is 4.74 Å². The second kappa shape index (κ2) is 8.65. The average molecular weight is 384 g/mol. The fourth-order valence-corrected chi connectivity index (χ4v) is 3.02. The van der Waals surface area contributed by atoms with Crippen LogP contribution in [0.5, 0.6) is 0 Å². The van der Waals surface area contributed by atoms with Gasteiger partial charge in [0.15, 0.2) is 6.61 Å². The molecule has 28 heavy (non-hydrogen) atoms. The molecule has 0 N–H and O–H groups in total. The van der Waals surface area contributed by atoms with Crippen molar-refractivity contribution in [2.45, 2.75) is 19.4 Å². The molecular weight excluding hydrogens is 363 g/mol. The number of rotatable bonds is 6. The van der Waals surface area contributed by atoms with E-state index in [-0.39, 0.29) is 18.3 Å². The molecule has 0 saturated carbocycles. The van der Waals surface area contributed by atoms with Gasteiger partial charge in [0.25, 0.3) is 5.91 Å². The lowest BCUT2D eigenvalue weighted by atomic mass is 10.2. The topological polar surface area (TPSA) is 66.9 Å². The lowest BCUT2D eigenvalue weighted by Crippen LogP contribution is -2.30. The van der Waals surface area contributed by atoms with Gasteiger partial charge in [-0.15, -0.1) is 0 Å². The van der Waals surface area contributed by atoms with Crippen molar-refractivity contribution in [3.8, 4) is 0 Å². The van der Waals surface area contributed by atoms with Crippen molar-refractivity contribution in [3.63, 3.8) is 0 Å². The van der Waals surface area contributed by atoms with Crippen LogP contribution < -0.4 is 4.90 Å². The Morgan fingerprint density at radius 2 is 1.93 bits per heavy atom. The molecular formula is C21H21FN2O4. The van der Waals surface area contributed by atoms with E-state index in [0.29, 0.717) is 24.1 Å². The predicted molar refractivity (Wildman–Crippen MR) is 101 cm³/mol. The highest BCUT2D eigenvalue weighted by Crippen LogP contribution is 2.21. The summed E-state index contributed by atoms with van der Waals surface area (Å²) in [5.74, 6) is -1.31. The lowest BCUT2D eigenvalue weighted by Gasteiger charge is -2.17. The molecule has 2 amide bonds. The first-order chi connectivity index (χ1) is 13.4. The third kappa shape index (κ3) is 4.73. The van der Waals surface area contributed by atoms with E-state index < -0.39 is 18.5 Å². The van der Waals surface area contributed by atoms with Gasteiger partial charge in [-0.05, 0) is 48.4 Å². The lowest BCUT2D eigenvalue weighted by molar-refractivity contribution is -0.133. The Labute approximate surface area is 162 Å².